The Kier molecular flexibility index (Phi) is 3.05. The molecule has 0 aliphatic heterocycles. The van der Waals surface area contributed by atoms with E-state index in [9.17, 15) is 12.8 Å². The normalized spacial score (nSPS) is 11.6. The quantitative estimate of drug-likeness (QED) is 0.880. The highest BCUT2D eigenvalue weighted by Gasteiger charge is 2.06. The molecule has 0 saturated carbocycles. The second-order valence-electron chi connectivity index (χ2n) is 2.58. The van der Waals surface area contributed by atoms with Crippen LogP contribution in [0.25, 0.3) is 0 Å². The average Bonchev–Trinajstić information content (AvgIpc) is 1.78. The van der Waals surface area contributed by atoms with Crippen molar-refractivity contribution in [1.82, 2.24) is 0 Å². The summed E-state index contributed by atoms with van der Waals surface area (Å²) in [6.45, 7) is 0. The van der Waals surface area contributed by atoms with Crippen molar-refractivity contribution >= 4 is 26.0 Å². The minimum atomic E-state index is -3.60. The van der Waals surface area contributed by atoms with Crippen LogP contribution < -0.4 is 5.14 Å². The maximum absolute atomic E-state index is 12.7. The van der Waals surface area contributed by atoms with Gasteiger partial charge in [-0.2, -0.15) is 0 Å². The number of primary sulfonamides is 1. The van der Waals surface area contributed by atoms with Crippen LogP contribution in [0, 0.1) is 5.82 Å². The predicted octanol–water partition coefficient (Wildman–Crippen LogP) is 1.38. The minimum Gasteiger partial charge on any atom is -0.228 e. The van der Waals surface area contributed by atoms with E-state index in [0.29, 0.717) is 10.0 Å². The highest BCUT2D eigenvalue weighted by Crippen LogP contribution is 2.15. The summed E-state index contributed by atoms with van der Waals surface area (Å²) in [6, 6.07) is 3.88. The van der Waals surface area contributed by atoms with Crippen LogP contribution in [0.5, 0.6) is 0 Å². The van der Waals surface area contributed by atoms with Gasteiger partial charge in [-0.3, -0.25) is 0 Å². The fraction of sp³-hybridized carbons (Fsp3) is 0.143. The summed E-state index contributed by atoms with van der Waals surface area (Å²) < 4.78 is 34.6. The molecule has 13 heavy (non-hydrogen) atoms. The third-order valence-corrected chi connectivity index (χ3v) is 2.48. The van der Waals surface area contributed by atoms with E-state index in [1.807, 2.05) is 0 Å². The van der Waals surface area contributed by atoms with Crippen LogP contribution in [0.2, 0.25) is 0 Å². The summed E-state index contributed by atoms with van der Waals surface area (Å²) in [5, 5.41) is 4.80. The molecule has 1 rings (SSSR count). The summed E-state index contributed by atoms with van der Waals surface area (Å²) >= 11 is 3.04. The first-order valence-electron chi connectivity index (χ1n) is 3.32. The van der Waals surface area contributed by atoms with Gasteiger partial charge in [-0.15, -0.1) is 0 Å². The predicted molar refractivity (Wildman–Crippen MR) is 50.9 cm³/mol. The zero-order valence-corrected chi connectivity index (χ0v) is 8.90. The van der Waals surface area contributed by atoms with Gasteiger partial charge in [0.1, 0.15) is 5.82 Å². The summed E-state index contributed by atoms with van der Waals surface area (Å²) in [6.07, 6.45) is 0. The maximum Gasteiger partial charge on any atom is 0.213 e. The number of rotatable bonds is 2. The second kappa shape index (κ2) is 3.73. The number of nitrogens with two attached hydrogens (primary N) is 1. The highest BCUT2D eigenvalue weighted by molar-refractivity contribution is 9.10. The van der Waals surface area contributed by atoms with Crippen molar-refractivity contribution in [1.29, 1.82) is 0 Å². The topological polar surface area (TPSA) is 60.2 Å². The smallest absolute Gasteiger partial charge is 0.213 e. The monoisotopic (exact) mass is 267 g/mol. The molecule has 0 unspecified atom stereocenters. The zero-order valence-electron chi connectivity index (χ0n) is 6.50. The van der Waals surface area contributed by atoms with Crippen molar-refractivity contribution in [2.75, 3.05) is 0 Å². The van der Waals surface area contributed by atoms with E-state index >= 15 is 0 Å². The molecule has 0 aromatic heterocycles. The lowest BCUT2D eigenvalue weighted by Crippen LogP contribution is -2.14. The lowest BCUT2D eigenvalue weighted by atomic mass is 10.2. The first kappa shape index (κ1) is 10.6. The molecule has 6 heteroatoms. The maximum atomic E-state index is 12.7. The summed E-state index contributed by atoms with van der Waals surface area (Å²) in [5.41, 5.74) is 0.328. The number of sulfonamides is 1. The molecule has 72 valence electrons. The fourth-order valence-electron chi connectivity index (χ4n) is 0.927. The number of hydrogen-bond donors (Lipinski definition) is 1. The first-order valence-corrected chi connectivity index (χ1v) is 5.83. The van der Waals surface area contributed by atoms with Crippen LogP contribution >= 0.6 is 15.9 Å². The van der Waals surface area contributed by atoms with E-state index in [0.717, 1.165) is 6.07 Å². The van der Waals surface area contributed by atoms with E-state index in [1.54, 1.807) is 0 Å². The molecule has 0 amide bonds. The molecule has 1 aromatic rings. The second-order valence-corrected chi connectivity index (χ2v) is 5.11. The number of hydrogen-bond acceptors (Lipinski definition) is 2. The van der Waals surface area contributed by atoms with E-state index in [-0.39, 0.29) is 5.75 Å². The third kappa shape index (κ3) is 3.84. The van der Waals surface area contributed by atoms with Crippen LogP contribution in [0.3, 0.4) is 0 Å². The minimum absolute atomic E-state index is 0.328. The molecule has 0 aliphatic rings. The lowest BCUT2D eigenvalue weighted by Gasteiger charge is -2.00. The van der Waals surface area contributed by atoms with Crippen LogP contribution in [0.4, 0.5) is 4.39 Å². The van der Waals surface area contributed by atoms with E-state index in [4.69, 9.17) is 5.14 Å². The molecule has 0 radical (unpaired) electrons. The molecule has 0 fully saturated rings. The average molecular weight is 268 g/mol. The Labute approximate surface area is 83.9 Å². The molecule has 3 nitrogen and oxygen atoms in total. The number of halogens is 2. The standard InChI is InChI=1S/C7H7BrFNO2S/c8-6-1-5(2-7(9)3-6)4-13(10,11)12/h1-3H,4H2,(H2,10,11,12). The molecule has 0 aliphatic carbocycles. The van der Waals surface area contributed by atoms with Gasteiger partial charge in [0.05, 0.1) is 5.75 Å². The van der Waals surface area contributed by atoms with Crippen molar-refractivity contribution in [2.24, 2.45) is 5.14 Å². The van der Waals surface area contributed by atoms with Gasteiger partial charge in [-0.25, -0.2) is 17.9 Å². The van der Waals surface area contributed by atoms with Crippen molar-refractivity contribution in [3.8, 4) is 0 Å². The van der Waals surface area contributed by atoms with Crippen molar-refractivity contribution in [2.45, 2.75) is 5.75 Å². The largest absolute Gasteiger partial charge is 0.228 e. The molecule has 0 saturated heterocycles. The molecule has 0 spiro atoms. The van der Waals surface area contributed by atoms with E-state index in [1.165, 1.54) is 12.1 Å². The first-order chi connectivity index (χ1) is 5.87. The molecule has 0 atom stereocenters. The van der Waals surface area contributed by atoms with E-state index < -0.39 is 15.8 Å². The van der Waals surface area contributed by atoms with Crippen LogP contribution in [0.15, 0.2) is 22.7 Å². The zero-order chi connectivity index (χ0) is 10.1. The van der Waals surface area contributed by atoms with Crippen LogP contribution in [-0.4, -0.2) is 8.42 Å². The number of benzene rings is 1. The van der Waals surface area contributed by atoms with Gasteiger partial charge >= 0.3 is 0 Å². The Morgan fingerprint density at radius 1 is 1.38 bits per heavy atom. The van der Waals surface area contributed by atoms with Crippen molar-refractivity contribution in [3.63, 3.8) is 0 Å². The van der Waals surface area contributed by atoms with Gasteiger partial charge in [0.2, 0.25) is 10.0 Å². The SMILES string of the molecule is NS(=O)(=O)Cc1cc(F)cc(Br)c1. The molecule has 0 heterocycles. The molecule has 2 N–H and O–H groups in total. The molecular formula is C7H7BrFNO2S. The van der Waals surface area contributed by atoms with Crippen LogP contribution in [-0.2, 0) is 15.8 Å². The Bertz CT molecular complexity index is 398. The lowest BCUT2D eigenvalue weighted by molar-refractivity contribution is 0.596. The van der Waals surface area contributed by atoms with Gasteiger partial charge in [0, 0.05) is 4.47 Å². The molecular weight excluding hydrogens is 261 g/mol. The Hall–Kier alpha value is -0.460. The van der Waals surface area contributed by atoms with E-state index in [2.05, 4.69) is 15.9 Å². The highest BCUT2D eigenvalue weighted by atomic mass is 79.9. The van der Waals surface area contributed by atoms with Gasteiger partial charge < -0.3 is 0 Å². The molecule has 1 aromatic carbocycles. The van der Waals surface area contributed by atoms with Gasteiger partial charge in [-0.05, 0) is 23.8 Å². The summed E-state index contributed by atoms with van der Waals surface area (Å²) in [5.74, 6) is -0.850. The third-order valence-electron chi connectivity index (χ3n) is 1.29. The van der Waals surface area contributed by atoms with Crippen molar-refractivity contribution < 1.29 is 12.8 Å². The van der Waals surface area contributed by atoms with Crippen molar-refractivity contribution in [3.05, 3.63) is 34.1 Å². The van der Waals surface area contributed by atoms with Gasteiger partial charge in [0.15, 0.2) is 0 Å². The van der Waals surface area contributed by atoms with Gasteiger partial charge in [0.25, 0.3) is 0 Å². The van der Waals surface area contributed by atoms with Gasteiger partial charge in [-0.1, -0.05) is 15.9 Å². The Balaban J connectivity index is 3.03. The summed E-state index contributed by atoms with van der Waals surface area (Å²) in [4.78, 5) is 0. The summed E-state index contributed by atoms with van der Waals surface area (Å²) in [7, 11) is -3.60. The fourth-order valence-corrected chi connectivity index (χ4v) is 2.07. The Morgan fingerprint density at radius 3 is 2.46 bits per heavy atom. The Morgan fingerprint density at radius 2 is 2.00 bits per heavy atom. The van der Waals surface area contributed by atoms with Crippen LogP contribution in [0.1, 0.15) is 5.56 Å². The molecule has 0 bridgehead atoms.